The van der Waals surface area contributed by atoms with Crippen molar-refractivity contribution in [1.29, 1.82) is 0 Å². The maximum atomic E-state index is 11.1. The molecule has 0 aliphatic heterocycles. The highest BCUT2D eigenvalue weighted by Gasteiger charge is 2.15. The monoisotopic (exact) mass is 286 g/mol. The molecule has 1 heterocycles. The smallest absolute Gasteiger partial charge is 0.427 e. The Balaban J connectivity index is 2.38. The molecule has 0 radical (unpaired) electrons. The fourth-order valence-electron chi connectivity index (χ4n) is 2.22. The van der Waals surface area contributed by atoms with Gasteiger partial charge in [-0.05, 0) is 32.9 Å². The molecule has 6 nitrogen and oxygen atoms in total. The summed E-state index contributed by atoms with van der Waals surface area (Å²) in [5.74, 6) is 0. The normalized spacial score (nSPS) is 11.3. The third-order valence-electron chi connectivity index (χ3n) is 3.15. The number of nitrogens with one attached hydrogen (secondary N) is 1. The summed E-state index contributed by atoms with van der Waals surface area (Å²) in [4.78, 5) is 11.1. The molecule has 1 amide bonds. The molecule has 0 aliphatic carbocycles. The van der Waals surface area contributed by atoms with Gasteiger partial charge < -0.3 is 4.74 Å². The van der Waals surface area contributed by atoms with Gasteiger partial charge in [0.1, 0.15) is 0 Å². The number of rotatable bonds is 3. The number of aryl methyl sites for hydroxylation is 1. The second-order valence-corrected chi connectivity index (χ2v) is 4.59. The van der Waals surface area contributed by atoms with E-state index >= 15 is 0 Å². The lowest BCUT2D eigenvalue weighted by molar-refractivity contribution is 0.171. The Morgan fingerprint density at radius 1 is 1.29 bits per heavy atom. The number of hydrogen-bond acceptors (Lipinski definition) is 4. The zero-order valence-corrected chi connectivity index (χ0v) is 12.5. The minimum absolute atomic E-state index is 0.597. The molecule has 2 rings (SSSR count). The Bertz CT molecular complexity index is 674. The lowest BCUT2D eigenvalue weighted by Gasteiger charge is -2.05. The van der Waals surface area contributed by atoms with Crippen LogP contribution in [0.4, 0.5) is 4.79 Å². The van der Waals surface area contributed by atoms with E-state index in [9.17, 15) is 4.79 Å². The van der Waals surface area contributed by atoms with E-state index in [1.807, 2.05) is 55.8 Å². The van der Waals surface area contributed by atoms with Crippen molar-refractivity contribution in [2.75, 3.05) is 7.11 Å². The molecule has 1 N–H and O–H groups in total. The number of ether oxygens (including phenoxy) is 1. The summed E-state index contributed by atoms with van der Waals surface area (Å²) in [5, 5.41) is 8.57. The summed E-state index contributed by atoms with van der Waals surface area (Å²) in [6, 6.07) is 9.87. The van der Waals surface area contributed by atoms with Crippen LogP contribution in [0.5, 0.6) is 0 Å². The minimum atomic E-state index is -0.597. The fraction of sp³-hybridized carbons (Fsp3) is 0.267. The average molecular weight is 286 g/mol. The van der Waals surface area contributed by atoms with Crippen molar-refractivity contribution in [1.82, 2.24) is 15.2 Å². The number of aromatic nitrogens is 2. The van der Waals surface area contributed by atoms with Crippen molar-refractivity contribution in [3.05, 3.63) is 47.3 Å². The first-order valence-corrected chi connectivity index (χ1v) is 6.55. The number of amides is 1. The Kier molecular flexibility index (Phi) is 4.37. The third-order valence-corrected chi connectivity index (χ3v) is 3.15. The van der Waals surface area contributed by atoms with Crippen molar-refractivity contribution in [2.24, 2.45) is 5.10 Å². The molecular weight excluding hydrogens is 268 g/mol. The molecule has 0 spiro atoms. The molecule has 21 heavy (non-hydrogen) atoms. The first-order valence-electron chi connectivity index (χ1n) is 6.55. The predicted molar refractivity (Wildman–Crippen MR) is 80.8 cm³/mol. The number of nitrogens with zero attached hydrogens (tertiary/aromatic N) is 3. The Morgan fingerprint density at radius 3 is 2.57 bits per heavy atom. The largest absolute Gasteiger partial charge is 0.452 e. The van der Waals surface area contributed by atoms with E-state index in [4.69, 9.17) is 0 Å². The number of hydrogen-bond donors (Lipinski definition) is 1. The van der Waals surface area contributed by atoms with E-state index in [0.717, 1.165) is 22.6 Å². The van der Waals surface area contributed by atoms with Crippen LogP contribution in [-0.2, 0) is 4.74 Å². The highest BCUT2D eigenvalue weighted by atomic mass is 16.5. The van der Waals surface area contributed by atoms with Crippen molar-refractivity contribution in [3.8, 4) is 5.69 Å². The summed E-state index contributed by atoms with van der Waals surface area (Å²) >= 11 is 0. The number of benzene rings is 1. The van der Waals surface area contributed by atoms with Gasteiger partial charge in [-0.25, -0.2) is 14.9 Å². The molecule has 6 heteroatoms. The van der Waals surface area contributed by atoms with Crippen molar-refractivity contribution in [2.45, 2.75) is 20.8 Å². The van der Waals surface area contributed by atoms with E-state index in [1.54, 1.807) is 0 Å². The van der Waals surface area contributed by atoms with Crippen LogP contribution in [0, 0.1) is 13.8 Å². The Hall–Kier alpha value is -2.63. The number of methoxy groups -OCH3 is 1. The molecule has 0 unspecified atom stereocenters. The minimum Gasteiger partial charge on any atom is -0.452 e. The summed E-state index contributed by atoms with van der Waals surface area (Å²) < 4.78 is 6.36. The molecule has 0 saturated carbocycles. The lowest BCUT2D eigenvalue weighted by Crippen LogP contribution is -2.19. The molecule has 0 saturated heterocycles. The average Bonchev–Trinajstić information content (AvgIpc) is 2.80. The summed E-state index contributed by atoms with van der Waals surface area (Å²) in [5.41, 5.74) is 6.71. The van der Waals surface area contributed by atoms with Crippen molar-refractivity contribution in [3.63, 3.8) is 0 Å². The van der Waals surface area contributed by atoms with E-state index in [1.165, 1.54) is 7.11 Å². The van der Waals surface area contributed by atoms with Crippen LogP contribution < -0.4 is 5.43 Å². The second-order valence-electron chi connectivity index (χ2n) is 4.59. The summed E-state index contributed by atoms with van der Waals surface area (Å²) in [6.07, 6.45) is -0.597. The zero-order valence-electron chi connectivity index (χ0n) is 12.5. The zero-order chi connectivity index (χ0) is 15.4. The van der Waals surface area contributed by atoms with Gasteiger partial charge in [0.25, 0.3) is 0 Å². The number of hydrazone groups is 1. The van der Waals surface area contributed by atoms with Crippen molar-refractivity contribution < 1.29 is 9.53 Å². The molecular formula is C15H18N4O2. The van der Waals surface area contributed by atoms with Crippen LogP contribution in [0.3, 0.4) is 0 Å². The molecule has 2 aromatic rings. The number of carbonyl (C=O) groups is 1. The summed E-state index contributed by atoms with van der Waals surface area (Å²) in [6.45, 7) is 5.71. The van der Waals surface area contributed by atoms with Gasteiger partial charge in [-0.3, -0.25) is 0 Å². The quantitative estimate of drug-likeness (QED) is 0.696. The Morgan fingerprint density at radius 2 is 1.95 bits per heavy atom. The van der Waals surface area contributed by atoms with Crippen LogP contribution in [0.25, 0.3) is 5.69 Å². The SMILES string of the molecule is COC(=O)NN=C(C)c1c(C)nn(-c2ccccc2)c1C. The highest BCUT2D eigenvalue weighted by molar-refractivity contribution is 6.01. The van der Waals surface area contributed by atoms with Crippen molar-refractivity contribution >= 4 is 11.8 Å². The van der Waals surface area contributed by atoms with Gasteiger partial charge in [-0.1, -0.05) is 18.2 Å². The van der Waals surface area contributed by atoms with E-state index < -0.39 is 6.09 Å². The second kappa shape index (κ2) is 6.21. The van der Waals surface area contributed by atoms with Gasteiger partial charge in [0.2, 0.25) is 0 Å². The van der Waals surface area contributed by atoms with Crippen LogP contribution in [0.2, 0.25) is 0 Å². The van der Waals surface area contributed by atoms with Gasteiger partial charge in [-0.2, -0.15) is 10.2 Å². The van der Waals surface area contributed by atoms with Crippen LogP contribution in [0.1, 0.15) is 23.9 Å². The standard InChI is InChI=1S/C15H18N4O2/c1-10(16-17-15(20)21-4)14-11(2)18-19(12(14)3)13-8-6-5-7-9-13/h5-9H,1-4H3,(H,17,20). The summed E-state index contributed by atoms with van der Waals surface area (Å²) in [7, 11) is 1.30. The van der Waals surface area contributed by atoms with Gasteiger partial charge in [0.05, 0.1) is 29.9 Å². The molecule has 0 atom stereocenters. The first-order chi connectivity index (χ1) is 10.0. The molecule has 1 aromatic heterocycles. The predicted octanol–water partition coefficient (Wildman–Crippen LogP) is 2.57. The number of para-hydroxylation sites is 1. The maximum Gasteiger partial charge on any atom is 0.427 e. The van der Waals surface area contributed by atoms with E-state index in [0.29, 0.717) is 5.71 Å². The van der Waals surface area contributed by atoms with E-state index in [-0.39, 0.29) is 0 Å². The molecule has 110 valence electrons. The maximum absolute atomic E-state index is 11.1. The van der Waals surface area contributed by atoms with Crippen LogP contribution >= 0.6 is 0 Å². The van der Waals surface area contributed by atoms with Gasteiger partial charge in [-0.15, -0.1) is 0 Å². The first kappa shape index (κ1) is 14.8. The lowest BCUT2D eigenvalue weighted by atomic mass is 10.1. The fourth-order valence-corrected chi connectivity index (χ4v) is 2.22. The molecule has 0 aliphatic rings. The third kappa shape index (κ3) is 3.10. The van der Waals surface area contributed by atoms with Crippen LogP contribution in [0.15, 0.2) is 35.4 Å². The molecule has 1 aromatic carbocycles. The van der Waals surface area contributed by atoms with Gasteiger partial charge in [0, 0.05) is 5.56 Å². The van der Waals surface area contributed by atoms with Gasteiger partial charge in [0.15, 0.2) is 0 Å². The molecule has 0 bridgehead atoms. The highest BCUT2D eigenvalue weighted by Crippen LogP contribution is 2.18. The topological polar surface area (TPSA) is 68.5 Å². The van der Waals surface area contributed by atoms with Crippen LogP contribution in [-0.4, -0.2) is 28.7 Å². The number of carbonyl (C=O) groups excluding carboxylic acids is 1. The molecule has 0 fully saturated rings. The van der Waals surface area contributed by atoms with E-state index in [2.05, 4.69) is 20.4 Å². The van der Waals surface area contributed by atoms with Gasteiger partial charge >= 0.3 is 6.09 Å². The Labute approximate surface area is 123 Å².